The topological polar surface area (TPSA) is 81.8 Å². The van der Waals surface area contributed by atoms with E-state index in [0.29, 0.717) is 0 Å². The van der Waals surface area contributed by atoms with Crippen LogP contribution in [-0.4, -0.2) is 46.3 Å². The van der Waals surface area contributed by atoms with Crippen LogP contribution in [-0.2, 0) is 0 Å². The molecule has 0 amide bonds. The van der Waals surface area contributed by atoms with Crippen molar-refractivity contribution in [3.8, 4) is 11.1 Å². The van der Waals surface area contributed by atoms with E-state index in [2.05, 4.69) is 55.0 Å². The van der Waals surface area contributed by atoms with Gasteiger partial charge in [-0.05, 0) is 37.6 Å². The summed E-state index contributed by atoms with van der Waals surface area (Å²) in [7, 11) is 0. The summed E-state index contributed by atoms with van der Waals surface area (Å²) in [6.07, 6.45) is 4.81. The number of aromatic amines is 1. The van der Waals surface area contributed by atoms with Gasteiger partial charge in [0.25, 0.3) is 0 Å². The average molecular weight is 349 g/mol. The van der Waals surface area contributed by atoms with Crippen LogP contribution in [0.4, 0.5) is 17.5 Å². The molecule has 1 aliphatic rings. The third kappa shape index (κ3) is 3.83. The second-order valence-electron chi connectivity index (χ2n) is 6.47. The molecule has 7 heteroatoms. The Labute approximate surface area is 152 Å². The van der Waals surface area contributed by atoms with Crippen molar-refractivity contribution in [3.05, 3.63) is 48.4 Å². The van der Waals surface area contributed by atoms with Crippen LogP contribution < -0.4 is 15.5 Å². The summed E-state index contributed by atoms with van der Waals surface area (Å²) in [5.74, 6) is 1.62. The molecule has 7 nitrogen and oxygen atoms in total. The van der Waals surface area contributed by atoms with E-state index >= 15 is 0 Å². The number of aromatic nitrogens is 4. The monoisotopic (exact) mass is 349 g/mol. The molecule has 0 radical (unpaired) electrons. The molecule has 2 aromatic heterocycles. The molecule has 0 bridgehead atoms. The highest BCUT2D eigenvalue weighted by molar-refractivity contribution is 5.66. The summed E-state index contributed by atoms with van der Waals surface area (Å²) in [5.41, 5.74) is 4.16. The zero-order valence-corrected chi connectivity index (χ0v) is 14.9. The molecule has 1 saturated heterocycles. The van der Waals surface area contributed by atoms with Crippen molar-refractivity contribution in [2.45, 2.75) is 13.3 Å². The van der Waals surface area contributed by atoms with Crippen LogP contribution in [0.15, 0.2) is 42.7 Å². The highest BCUT2D eigenvalue weighted by Crippen LogP contribution is 2.23. The summed E-state index contributed by atoms with van der Waals surface area (Å²) < 4.78 is 0. The van der Waals surface area contributed by atoms with Crippen LogP contribution in [0, 0.1) is 6.92 Å². The van der Waals surface area contributed by atoms with E-state index in [9.17, 15) is 0 Å². The lowest BCUT2D eigenvalue weighted by molar-refractivity contribution is 0.724. The second-order valence-corrected chi connectivity index (χ2v) is 6.47. The van der Waals surface area contributed by atoms with E-state index in [1.165, 1.54) is 0 Å². The van der Waals surface area contributed by atoms with E-state index in [1.54, 1.807) is 0 Å². The van der Waals surface area contributed by atoms with Crippen LogP contribution in [0.25, 0.3) is 11.1 Å². The maximum atomic E-state index is 4.73. The van der Waals surface area contributed by atoms with Gasteiger partial charge >= 0.3 is 0 Å². The Morgan fingerprint density at radius 2 is 1.92 bits per heavy atom. The van der Waals surface area contributed by atoms with E-state index in [-0.39, 0.29) is 0 Å². The highest BCUT2D eigenvalue weighted by Gasteiger charge is 2.13. The Bertz CT molecular complexity index is 835. The van der Waals surface area contributed by atoms with Gasteiger partial charge in [0.2, 0.25) is 5.95 Å². The fraction of sp³-hybridized carbons (Fsp3) is 0.316. The second kappa shape index (κ2) is 7.53. The fourth-order valence-electron chi connectivity index (χ4n) is 3.11. The zero-order chi connectivity index (χ0) is 17.8. The number of hydrogen-bond acceptors (Lipinski definition) is 6. The van der Waals surface area contributed by atoms with Crippen LogP contribution in [0.1, 0.15) is 12.1 Å². The van der Waals surface area contributed by atoms with Gasteiger partial charge in [-0.15, -0.1) is 0 Å². The van der Waals surface area contributed by atoms with Crippen molar-refractivity contribution in [2.24, 2.45) is 0 Å². The largest absolute Gasteiger partial charge is 0.340 e. The predicted octanol–water partition coefficient (Wildman–Crippen LogP) is 2.72. The van der Waals surface area contributed by atoms with Crippen LogP contribution in [0.2, 0.25) is 0 Å². The molecule has 0 spiro atoms. The van der Waals surface area contributed by atoms with Gasteiger partial charge in [0.15, 0.2) is 0 Å². The van der Waals surface area contributed by atoms with Gasteiger partial charge in [-0.2, -0.15) is 10.1 Å². The minimum atomic E-state index is 0.797. The summed E-state index contributed by atoms with van der Waals surface area (Å²) in [4.78, 5) is 11.6. The average Bonchev–Trinajstić information content (AvgIpc) is 3.04. The Kier molecular flexibility index (Phi) is 4.79. The molecule has 4 rings (SSSR count). The lowest BCUT2D eigenvalue weighted by Crippen LogP contribution is -2.29. The van der Waals surface area contributed by atoms with E-state index < -0.39 is 0 Å². The summed E-state index contributed by atoms with van der Waals surface area (Å²) in [5, 5.41) is 13.6. The number of H-pyrrole nitrogens is 1. The normalized spacial score (nSPS) is 14.9. The van der Waals surface area contributed by atoms with Gasteiger partial charge in [-0.1, -0.05) is 12.1 Å². The van der Waals surface area contributed by atoms with Gasteiger partial charge in [0, 0.05) is 48.8 Å². The van der Waals surface area contributed by atoms with Crippen molar-refractivity contribution >= 4 is 17.5 Å². The lowest BCUT2D eigenvalue weighted by atomic mass is 10.1. The molecule has 0 atom stereocenters. The molecule has 3 N–H and O–H groups in total. The standard InChI is InChI=1S/C19H23N7/c1-14-11-18(25-19(23-14)26-9-2-7-20-8-10-26)24-17-5-3-15(4-6-17)16-12-21-22-13-16/h3-6,11-13,20H,2,7-10H2,1H3,(H,21,22)(H,23,24,25). The van der Waals surface area contributed by atoms with E-state index in [4.69, 9.17) is 4.98 Å². The Morgan fingerprint density at radius 1 is 1.04 bits per heavy atom. The number of aryl methyl sites for hydroxylation is 1. The zero-order valence-electron chi connectivity index (χ0n) is 14.9. The molecule has 3 aromatic rings. The predicted molar refractivity (Wildman–Crippen MR) is 104 cm³/mol. The van der Waals surface area contributed by atoms with E-state index in [1.807, 2.05) is 25.4 Å². The molecular formula is C19H23N7. The summed E-state index contributed by atoms with van der Waals surface area (Å²) in [6.45, 7) is 5.94. The van der Waals surface area contributed by atoms with Crippen molar-refractivity contribution in [3.63, 3.8) is 0 Å². The first-order valence-electron chi connectivity index (χ1n) is 8.95. The molecule has 0 unspecified atom stereocenters. The van der Waals surface area contributed by atoms with Gasteiger partial charge in [-0.25, -0.2) is 4.98 Å². The number of hydrogen-bond donors (Lipinski definition) is 3. The maximum absolute atomic E-state index is 4.73. The molecule has 26 heavy (non-hydrogen) atoms. The number of benzene rings is 1. The summed E-state index contributed by atoms with van der Waals surface area (Å²) in [6, 6.07) is 10.2. The van der Waals surface area contributed by atoms with Gasteiger partial charge in [-0.3, -0.25) is 5.10 Å². The molecule has 1 aliphatic heterocycles. The van der Waals surface area contributed by atoms with Gasteiger partial charge in [0.05, 0.1) is 6.20 Å². The van der Waals surface area contributed by atoms with Crippen LogP contribution in [0.5, 0.6) is 0 Å². The Hall–Kier alpha value is -2.93. The van der Waals surface area contributed by atoms with Gasteiger partial charge in [0.1, 0.15) is 5.82 Å². The third-order valence-electron chi connectivity index (χ3n) is 4.45. The highest BCUT2D eigenvalue weighted by atomic mass is 15.3. The van der Waals surface area contributed by atoms with Crippen LogP contribution >= 0.6 is 0 Å². The smallest absolute Gasteiger partial charge is 0.227 e. The minimum Gasteiger partial charge on any atom is -0.340 e. The maximum Gasteiger partial charge on any atom is 0.227 e. The van der Waals surface area contributed by atoms with Crippen molar-refractivity contribution in [1.29, 1.82) is 0 Å². The summed E-state index contributed by atoms with van der Waals surface area (Å²) >= 11 is 0. The van der Waals surface area contributed by atoms with Gasteiger partial charge < -0.3 is 15.5 Å². The molecule has 0 saturated carbocycles. The van der Waals surface area contributed by atoms with Crippen molar-refractivity contribution < 1.29 is 0 Å². The first kappa shape index (κ1) is 16.5. The quantitative estimate of drug-likeness (QED) is 0.672. The third-order valence-corrected chi connectivity index (χ3v) is 4.45. The Morgan fingerprint density at radius 3 is 2.73 bits per heavy atom. The molecular weight excluding hydrogens is 326 g/mol. The van der Waals surface area contributed by atoms with Crippen molar-refractivity contribution in [2.75, 3.05) is 36.4 Å². The fourth-order valence-corrected chi connectivity index (χ4v) is 3.11. The number of nitrogens with zero attached hydrogens (tertiary/aromatic N) is 4. The minimum absolute atomic E-state index is 0.797. The first-order valence-corrected chi connectivity index (χ1v) is 8.95. The number of anilines is 3. The Balaban J connectivity index is 1.52. The van der Waals surface area contributed by atoms with Crippen LogP contribution in [0.3, 0.4) is 0 Å². The molecule has 1 aromatic carbocycles. The number of rotatable bonds is 4. The number of nitrogens with one attached hydrogen (secondary N) is 3. The lowest BCUT2D eigenvalue weighted by Gasteiger charge is -2.21. The molecule has 3 heterocycles. The van der Waals surface area contributed by atoms with E-state index in [0.717, 1.165) is 66.9 Å². The van der Waals surface area contributed by atoms with Crippen molar-refractivity contribution in [1.82, 2.24) is 25.5 Å². The first-order chi connectivity index (χ1) is 12.8. The molecule has 134 valence electrons. The molecule has 1 fully saturated rings. The molecule has 0 aliphatic carbocycles. The SMILES string of the molecule is Cc1cc(Nc2ccc(-c3cn[nH]c3)cc2)nc(N2CCCNCC2)n1.